The van der Waals surface area contributed by atoms with E-state index in [0.717, 1.165) is 44.9 Å². The number of phosphoric acid groups is 1. The van der Waals surface area contributed by atoms with Crippen molar-refractivity contribution in [3.63, 3.8) is 0 Å². The monoisotopic (exact) mass is 1010 g/mol. The van der Waals surface area contributed by atoms with Gasteiger partial charge in [0.2, 0.25) is 5.91 Å². The van der Waals surface area contributed by atoms with Gasteiger partial charge in [0.1, 0.15) is 13.2 Å². The van der Waals surface area contributed by atoms with Gasteiger partial charge in [-0.1, -0.05) is 282 Å². The van der Waals surface area contributed by atoms with E-state index in [0.29, 0.717) is 23.9 Å². The Balaban J connectivity index is 4.10. The van der Waals surface area contributed by atoms with Crippen molar-refractivity contribution in [2.24, 2.45) is 0 Å². The number of nitrogens with zero attached hydrogens (tertiary/aromatic N) is 1. The molecule has 8 nitrogen and oxygen atoms in total. The van der Waals surface area contributed by atoms with E-state index in [2.05, 4.69) is 43.5 Å². The Morgan fingerprint density at radius 1 is 0.486 bits per heavy atom. The van der Waals surface area contributed by atoms with Gasteiger partial charge in [0, 0.05) is 6.42 Å². The Bertz CT molecular complexity index is 1190. The molecule has 9 heteroatoms. The third-order valence-electron chi connectivity index (χ3n) is 14.2. The number of unbranched alkanes of at least 4 members (excludes halogenated alkanes) is 40. The van der Waals surface area contributed by atoms with Crippen molar-refractivity contribution in [2.75, 3.05) is 40.9 Å². The summed E-state index contributed by atoms with van der Waals surface area (Å²) in [7, 11) is 1.63. The van der Waals surface area contributed by atoms with Gasteiger partial charge < -0.3 is 19.8 Å². The number of carbonyl (C=O) groups excluding carboxylic acids is 1. The highest BCUT2D eigenvalue weighted by atomic mass is 31.2. The number of rotatable bonds is 57. The summed E-state index contributed by atoms with van der Waals surface area (Å²) in [6, 6.07) is -0.759. The van der Waals surface area contributed by atoms with Gasteiger partial charge in [0.15, 0.2) is 0 Å². The molecule has 0 heterocycles. The number of hydrogen-bond donors (Lipinski definition) is 3. The van der Waals surface area contributed by atoms with E-state index < -0.39 is 20.0 Å². The molecule has 0 aliphatic heterocycles. The molecule has 3 unspecified atom stereocenters. The predicted octanol–water partition coefficient (Wildman–Crippen LogP) is 18.8. The van der Waals surface area contributed by atoms with Gasteiger partial charge in [-0.3, -0.25) is 13.8 Å². The molecule has 0 bridgehead atoms. The molecule has 3 N–H and O–H groups in total. The van der Waals surface area contributed by atoms with Crippen molar-refractivity contribution < 1.29 is 32.9 Å². The normalized spacial score (nSPS) is 14.0. The molecule has 1 amide bonds. The Kier molecular flexibility index (Phi) is 52.1. The van der Waals surface area contributed by atoms with Crippen LogP contribution in [0.15, 0.2) is 24.3 Å². The highest BCUT2D eigenvalue weighted by molar-refractivity contribution is 7.47. The maximum absolute atomic E-state index is 13.0. The van der Waals surface area contributed by atoms with Gasteiger partial charge in [-0.15, -0.1) is 0 Å². The van der Waals surface area contributed by atoms with Gasteiger partial charge in [-0.2, -0.15) is 0 Å². The molecule has 70 heavy (non-hydrogen) atoms. The number of phosphoric ester groups is 1. The number of carbonyl (C=O) groups is 1. The maximum Gasteiger partial charge on any atom is 0.472 e. The first-order chi connectivity index (χ1) is 34.0. The molecule has 0 aliphatic rings. The van der Waals surface area contributed by atoms with Crippen LogP contribution in [-0.4, -0.2) is 73.4 Å². The fourth-order valence-electron chi connectivity index (χ4n) is 9.37. The van der Waals surface area contributed by atoms with Crippen molar-refractivity contribution in [3.8, 4) is 0 Å². The average Bonchev–Trinajstić information content (AvgIpc) is 3.32. The van der Waals surface area contributed by atoms with Crippen molar-refractivity contribution in [1.29, 1.82) is 0 Å². The number of hydrogen-bond acceptors (Lipinski definition) is 5. The number of aliphatic hydroxyl groups is 1. The zero-order valence-corrected chi connectivity index (χ0v) is 48.4. The summed E-state index contributed by atoms with van der Waals surface area (Å²) in [5.41, 5.74) is 0. The second-order valence-electron chi connectivity index (χ2n) is 22.4. The lowest BCUT2D eigenvalue weighted by Gasteiger charge is -2.26. The largest absolute Gasteiger partial charge is 0.472 e. The molecule has 0 aromatic rings. The van der Waals surface area contributed by atoms with Crippen LogP contribution in [0.25, 0.3) is 0 Å². The third kappa shape index (κ3) is 54.7. The number of likely N-dealkylation sites (N-methyl/N-ethyl adjacent to an activating group) is 1. The molecule has 0 saturated carbocycles. The van der Waals surface area contributed by atoms with Gasteiger partial charge in [-0.05, 0) is 44.9 Å². The third-order valence-corrected chi connectivity index (χ3v) is 15.2. The van der Waals surface area contributed by atoms with E-state index in [1.807, 2.05) is 21.1 Å². The van der Waals surface area contributed by atoms with Crippen LogP contribution in [0, 0.1) is 0 Å². The van der Waals surface area contributed by atoms with Gasteiger partial charge in [0.25, 0.3) is 0 Å². The predicted molar refractivity (Wildman–Crippen MR) is 305 cm³/mol. The quantitative estimate of drug-likeness (QED) is 0.0243. The van der Waals surface area contributed by atoms with Crippen molar-refractivity contribution in [2.45, 2.75) is 321 Å². The minimum atomic E-state index is -4.32. The summed E-state index contributed by atoms with van der Waals surface area (Å²) >= 11 is 0. The molecule has 0 saturated heterocycles. The Labute approximate surface area is 436 Å². The highest BCUT2D eigenvalue weighted by Crippen LogP contribution is 2.43. The average molecular weight is 1010 g/mol. The van der Waals surface area contributed by atoms with Crippen molar-refractivity contribution in [1.82, 2.24) is 5.32 Å². The van der Waals surface area contributed by atoms with Gasteiger partial charge in [-0.25, -0.2) is 4.57 Å². The zero-order valence-electron chi connectivity index (χ0n) is 47.5. The van der Waals surface area contributed by atoms with E-state index in [1.165, 1.54) is 238 Å². The van der Waals surface area contributed by atoms with Gasteiger partial charge in [0.05, 0.1) is 39.9 Å². The van der Waals surface area contributed by atoms with Crippen molar-refractivity contribution >= 4 is 13.7 Å². The highest BCUT2D eigenvalue weighted by Gasteiger charge is 2.28. The number of nitrogens with one attached hydrogen (secondary N) is 1. The molecular formula is C61H122N2O6P+. The number of quaternary nitrogens is 1. The first-order valence-corrected chi connectivity index (χ1v) is 32.2. The lowest BCUT2D eigenvalue weighted by atomic mass is 10.0. The summed E-state index contributed by atoms with van der Waals surface area (Å²) in [6.45, 7) is 4.93. The molecule has 0 radical (unpaired) electrons. The van der Waals surface area contributed by atoms with E-state index in [4.69, 9.17) is 9.05 Å². The molecule has 0 fully saturated rings. The molecule has 3 atom stereocenters. The number of allylic oxidation sites excluding steroid dienone is 4. The topological polar surface area (TPSA) is 105 Å². The van der Waals surface area contributed by atoms with Gasteiger partial charge >= 0.3 is 7.82 Å². The molecule has 416 valence electrons. The summed E-state index contributed by atoms with van der Waals surface area (Å²) in [4.78, 5) is 23.4. The van der Waals surface area contributed by atoms with Crippen LogP contribution in [0.3, 0.4) is 0 Å². The van der Waals surface area contributed by atoms with Crippen LogP contribution in [-0.2, 0) is 18.4 Å². The molecular weight excluding hydrogens is 888 g/mol. The fraction of sp³-hybridized carbons (Fsp3) is 0.918. The van der Waals surface area contributed by atoms with Crippen molar-refractivity contribution in [3.05, 3.63) is 24.3 Å². The van der Waals surface area contributed by atoms with Crippen LogP contribution < -0.4 is 5.32 Å². The van der Waals surface area contributed by atoms with E-state index in [-0.39, 0.29) is 19.1 Å². The Morgan fingerprint density at radius 3 is 1.17 bits per heavy atom. The van der Waals surface area contributed by atoms with Crippen LogP contribution in [0.2, 0.25) is 0 Å². The van der Waals surface area contributed by atoms with Crippen LogP contribution in [0.1, 0.15) is 309 Å². The number of aliphatic hydroxyl groups excluding tert-OH is 1. The molecule has 0 aromatic carbocycles. The molecule has 0 rings (SSSR count). The van der Waals surface area contributed by atoms with Crippen LogP contribution in [0.4, 0.5) is 0 Å². The van der Waals surface area contributed by atoms with E-state index in [9.17, 15) is 19.4 Å². The molecule has 0 spiro atoms. The summed E-state index contributed by atoms with van der Waals surface area (Å²) in [5, 5.41) is 14.1. The molecule has 0 aromatic heterocycles. The van der Waals surface area contributed by atoms with E-state index in [1.54, 1.807) is 0 Å². The minimum absolute atomic E-state index is 0.0767. The standard InChI is InChI=1S/C61H121N2O6P/c1-6-8-10-12-14-16-18-20-22-24-26-28-29-30-31-32-33-35-37-39-41-43-45-47-49-51-53-55-61(65)62-59(58-69-70(66,67)68-57-56-63(3,4)5)60(64)54-52-50-48-46-44-42-40-38-36-34-27-25-23-21-19-17-15-13-11-9-7-2/h18,20,24,26,59-60,64H,6-17,19,21-23,25,27-58H2,1-5H3,(H-,62,65,66,67)/p+1/b20-18-,26-24-. The summed E-state index contributed by atoms with van der Waals surface area (Å²) < 4.78 is 23.8. The minimum Gasteiger partial charge on any atom is -0.391 e. The Hall–Kier alpha value is -1.02. The SMILES string of the molecule is CCCCCCC/C=C\C/C=C\CCCCCCCCCCCCCCCCCC(=O)NC(COP(=O)(O)OCC[N+](C)(C)C)C(O)CCCCCCCCCCCCCCCCCCCCCCC. The van der Waals surface area contributed by atoms with E-state index >= 15 is 0 Å². The first kappa shape index (κ1) is 69.0. The number of amides is 1. The summed E-state index contributed by atoms with van der Waals surface area (Å²) in [6.07, 6.45) is 66.7. The van der Waals surface area contributed by atoms with Crippen LogP contribution >= 0.6 is 7.82 Å². The lowest BCUT2D eigenvalue weighted by molar-refractivity contribution is -0.870. The zero-order chi connectivity index (χ0) is 51.3. The maximum atomic E-state index is 13.0. The fourth-order valence-corrected chi connectivity index (χ4v) is 10.1. The second kappa shape index (κ2) is 52.8. The first-order valence-electron chi connectivity index (χ1n) is 30.7. The Morgan fingerprint density at radius 2 is 0.814 bits per heavy atom. The molecule has 0 aliphatic carbocycles. The lowest BCUT2D eigenvalue weighted by Crippen LogP contribution is -2.46. The van der Waals surface area contributed by atoms with Crippen LogP contribution in [0.5, 0.6) is 0 Å². The smallest absolute Gasteiger partial charge is 0.391 e. The second-order valence-corrected chi connectivity index (χ2v) is 23.9. The summed E-state index contributed by atoms with van der Waals surface area (Å²) in [5.74, 6) is -0.139.